The van der Waals surface area contributed by atoms with E-state index in [2.05, 4.69) is 10.8 Å². The molecule has 2 heterocycles. The Morgan fingerprint density at radius 2 is 1.90 bits per heavy atom. The number of amides is 2. The molecular formula is C22H27N3O4S. The number of hydrogen-bond acceptors (Lipinski definition) is 4. The third kappa shape index (κ3) is 4.44. The second kappa shape index (κ2) is 8.28. The molecular weight excluding hydrogens is 402 g/mol. The summed E-state index contributed by atoms with van der Waals surface area (Å²) in [6.45, 7) is 1.34. The first-order chi connectivity index (χ1) is 14.3. The number of sulfonamides is 1. The molecule has 1 saturated heterocycles. The molecule has 0 radical (unpaired) electrons. The molecule has 2 amide bonds. The van der Waals surface area contributed by atoms with E-state index in [1.807, 2.05) is 42.5 Å². The van der Waals surface area contributed by atoms with E-state index < -0.39 is 10.0 Å². The Morgan fingerprint density at radius 1 is 1.10 bits per heavy atom. The Morgan fingerprint density at radius 3 is 2.70 bits per heavy atom. The number of nitrogens with one attached hydrogen (secondary N) is 1. The smallest absolute Gasteiger partial charge is 0.320 e. The van der Waals surface area contributed by atoms with E-state index in [0.717, 1.165) is 28.7 Å². The van der Waals surface area contributed by atoms with Crippen molar-refractivity contribution in [1.29, 1.82) is 0 Å². The highest BCUT2D eigenvalue weighted by Crippen LogP contribution is 2.32. The zero-order valence-electron chi connectivity index (χ0n) is 17.2. The third-order valence-electron chi connectivity index (χ3n) is 5.74. The van der Waals surface area contributed by atoms with Crippen LogP contribution in [0.15, 0.2) is 48.5 Å². The topological polar surface area (TPSA) is 79.0 Å². The fraction of sp³-hybridized carbons (Fsp3) is 0.409. The van der Waals surface area contributed by atoms with Crippen LogP contribution in [0, 0.1) is 0 Å². The Labute approximate surface area is 177 Å². The van der Waals surface area contributed by atoms with Gasteiger partial charge in [-0.25, -0.2) is 17.9 Å². The summed E-state index contributed by atoms with van der Waals surface area (Å²) in [7, 11) is -1.62. The van der Waals surface area contributed by atoms with E-state index in [-0.39, 0.29) is 18.1 Å². The minimum absolute atomic E-state index is 0.106. The second-order valence-corrected chi connectivity index (χ2v) is 9.78. The van der Waals surface area contributed by atoms with Crippen LogP contribution in [-0.2, 0) is 16.4 Å². The van der Waals surface area contributed by atoms with E-state index in [1.54, 1.807) is 16.8 Å². The highest BCUT2D eigenvalue weighted by molar-refractivity contribution is 7.88. The van der Waals surface area contributed by atoms with Crippen LogP contribution in [0.2, 0.25) is 0 Å². The molecule has 0 aliphatic carbocycles. The number of carbonyl (C=O) groups excluding carboxylic acids is 1. The van der Waals surface area contributed by atoms with Gasteiger partial charge < -0.3 is 14.5 Å². The van der Waals surface area contributed by atoms with E-state index in [4.69, 9.17) is 4.74 Å². The Bertz CT molecular complexity index is 1040. The largest absolute Gasteiger partial charge is 0.491 e. The van der Waals surface area contributed by atoms with Gasteiger partial charge in [0.25, 0.3) is 0 Å². The number of carbonyl (C=O) groups is 1. The van der Waals surface area contributed by atoms with Crippen molar-refractivity contribution in [2.75, 3.05) is 33.0 Å². The zero-order valence-corrected chi connectivity index (χ0v) is 18.1. The number of fused-ring (bicyclic) bond motifs is 5. The second-order valence-electron chi connectivity index (χ2n) is 8.00. The number of ether oxygens (including phenoxy) is 1. The lowest BCUT2D eigenvalue weighted by atomic mass is 9.96. The first kappa shape index (κ1) is 20.7. The molecule has 7 nitrogen and oxygen atoms in total. The van der Waals surface area contributed by atoms with E-state index >= 15 is 0 Å². The van der Waals surface area contributed by atoms with Crippen molar-refractivity contribution in [3.8, 4) is 16.9 Å². The van der Waals surface area contributed by atoms with E-state index in [0.29, 0.717) is 32.5 Å². The van der Waals surface area contributed by atoms with Gasteiger partial charge in [0.1, 0.15) is 12.4 Å². The van der Waals surface area contributed by atoms with Crippen LogP contribution in [0.4, 0.5) is 4.79 Å². The SMILES string of the molecule is CN1CCOc2ccccc2-c2cccc(c2)C[C@H]2[C@@H](NS(C)(=O)=O)CCN2C1=O. The Kier molecular flexibility index (Phi) is 5.71. The van der Waals surface area contributed by atoms with Gasteiger partial charge in [-0.1, -0.05) is 42.5 Å². The summed E-state index contributed by atoms with van der Waals surface area (Å²) in [5, 5.41) is 0. The predicted molar refractivity (Wildman–Crippen MR) is 116 cm³/mol. The summed E-state index contributed by atoms with van der Waals surface area (Å²) in [5.41, 5.74) is 3.09. The van der Waals surface area contributed by atoms with Gasteiger partial charge in [-0.3, -0.25) is 0 Å². The standard InChI is InChI=1S/C22H27N3O4S/c1-24-12-13-29-21-9-4-3-8-18(21)17-7-5-6-16(14-17)15-20-19(23-30(2,27)28)10-11-25(20)22(24)26/h3-9,14,19-20,23H,10-13,15H2,1-2H3/t19-,20-/m0/s1. The Hall–Kier alpha value is -2.58. The minimum Gasteiger partial charge on any atom is -0.491 e. The summed E-state index contributed by atoms with van der Waals surface area (Å²) < 4.78 is 32.6. The average Bonchev–Trinajstić information content (AvgIpc) is 3.07. The van der Waals surface area contributed by atoms with Crippen molar-refractivity contribution in [3.63, 3.8) is 0 Å². The summed E-state index contributed by atoms with van der Waals surface area (Å²) in [6, 6.07) is 15.4. The van der Waals surface area contributed by atoms with E-state index in [9.17, 15) is 13.2 Å². The van der Waals surface area contributed by atoms with Crippen molar-refractivity contribution >= 4 is 16.1 Å². The van der Waals surface area contributed by atoms with Gasteiger partial charge in [-0.2, -0.15) is 0 Å². The highest BCUT2D eigenvalue weighted by atomic mass is 32.2. The summed E-state index contributed by atoms with van der Waals surface area (Å²) >= 11 is 0. The number of benzene rings is 2. The molecule has 2 aromatic rings. The number of nitrogens with zero attached hydrogens (tertiary/aromatic N) is 2. The summed E-state index contributed by atoms with van der Waals surface area (Å²) in [5.74, 6) is 0.784. The average molecular weight is 430 g/mol. The molecule has 0 saturated carbocycles. The molecule has 4 rings (SSSR count). The van der Waals surface area contributed by atoms with Gasteiger partial charge in [0.15, 0.2) is 0 Å². The number of para-hydroxylation sites is 1. The van der Waals surface area contributed by atoms with Crippen molar-refractivity contribution in [2.24, 2.45) is 0 Å². The maximum absolute atomic E-state index is 13.1. The molecule has 2 atom stereocenters. The molecule has 0 unspecified atom stereocenters. The van der Waals surface area contributed by atoms with Gasteiger partial charge in [0, 0.05) is 25.2 Å². The van der Waals surface area contributed by atoms with Crippen LogP contribution in [0.3, 0.4) is 0 Å². The molecule has 160 valence electrons. The van der Waals surface area contributed by atoms with Gasteiger partial charge in [0.05, 0.1) is 18.8 Å². The molecule has 2 aliphatic rings. The normalized spacial score (nSPS) is 22.3. The molecule has 1 N–H and O–H groups in total. The molecule has 2 bridgehead atoms. The van der Waals surface area contributed by atoms with Gasteiger partial charge in [-0.15, -0.1) is 0 Å². The zero-order chi connectivity index (χ0) is 21.3. The number of hydrogen-bond donors (Lipinski definition) is 1. The number of urea groups is 1. The molecule has 8 heteroatoms. The summed E-state index contributed by atoms with van der Waals surface area (Å²) in [6.07, 6.45) is 2.33. The first-order valence-corrected chi connectivity index (χ1v) is 12.0. The maximum Gasteiger partial charge on any atom is 0.320 e. The van der Waals surface area contributed by atoms with Crippen LogP contribution >= 0.6 is 0 Å². The lowest BCUT2D eigenvalue weighted by Crippen LogP contribution is -2.51. The van der Waals surface area contributed by atoms with Gasteiger partial charge in [0.2, 0.25) is 10.0 Å². The Balaban J connectivity index is 1.74. The molecule has 30 heavy (non-hydrogen) atoms. The first-order valence-electron chi connectivity index (χ1n) is 10.1. The minimum atomic E-state index is -3.38. The fourth-order valence-electron chi connectivity index (χ4n) is 4.30. The lowest BCUT2D eigenvalue weighted by Gasteiger charge is -2.32. The van der Waals surface area contributed by atoms with Crippen molar-refractivity contribution in [2.45, 2.75) is 24.9 Å². The molecule has 0 spiro atoms. The van der Waals surface area contributed by atoms with Crippen molar-refractivity contribution < 1.29 is 17.9 Å². The number of likely N-dealkylation sites (N-methyl/N-ethyl adjacent to an activating group) is 1. The van der Waals surface area contributed by atoms with Crippen molar-refractivity contribution in [1.82, 2.24) is 14.5 Å². The fourth-order valence-corrected chi connectivity index (χ4v) is 5.13. The van der Waals surface area contributed by atoms with Gasteiger partial charge >= 0.3 is 6.03 Å². The van der Waals surface area contributed by atoms with Crippen LogP contribution < -0.4 is 9.46 Å². The van der Waals surface area contributed by atoms with Crippen LogP contribution in [0.1, 0.15) is 12.0 Å². The third-order valence-corrected chi connectivity index (χ3v) is 6.47. The molecule has 2 aliphatic heterocycles. The highest BCUT2D eigenvalue weighted by Gasteiger charge is 2.39. The van der Waals surface area contributed by atoms with Crippen LogP contribution in [0.5, 0.6) is 5.75 Å². The quantitative estimate of drug-likeness (QED) is 0.795. The monoisotopic (exact) mass is 429 g/mol. The molecule has 1 fully saturated rings. The van der Waals surface area contributed by atoms with Gasteiger partial charge in [-0.05, 0) is 30.0 Å². The molecule has 0 aromatic heterocycles. The van der Waals surface area contributed by atoms with Crippen LogP contribution in [0.25, 0.3) is 11.1 Å². The predicted octanol–water partition coefficient (Wildman–Crippen LogP) is 2.33. The number of rotatable bonds is 2. The summed E-state index contributed by atoms with van der Waals surface area (Å²) in [4.78, 5) is 16.6. The van der Waals surface area contributed by atoms with Crippen molar-refractivity contribution in [3.05, 3.63) is 54.1 Å². The maximum atomic E-state index is 13.1. The van der Waals surface area contributed by atoms with Crippen LogP contribution in [-0.4, -0.2) is 69.3 Å². The lowest BCUT2D eigenvalue weighted by molar-refractivity contribution is 0.147. The molecule has 2 aromatic carbocycles. The van der Waals surface area contributed by atoms with E-state index in [1.165, 1.54) is 0 Å².